The Morgan fingerprint density at radius 3 is 2.56 bits per heavy atom. The highest BCUT2D eigenvalue weighted by molar-refractivity contribution is 7.99. The van der Waals surface area contributed by atoms with Gasteiger partial charge in [0.15, 0.2) is 0 Å². The minimum atomic E-state index is -3.42. The van der Waals surface area contributed by atoms with E-state index in [2.05, 4.69) is 26.3 Å². The van der Waals surface area contributed by atoms with Crippen molar-refractivity contribution in [3.8, 4) is 0 Å². The molecule has 1 aromatic rings. The molecule has 4 saturated heterocycles. The number of aryl methyl sites for hydroxylation is 1. The molecule has 27 heavy (non-hydrogen) atoms. The molecule has 5 rings (SSSR count). The van der Waals surface area contributed by atoms with E-state index in [9.17, 15) is 8.42 Å². The van der Waals surface area contributed by atoms with Crippen molar-refractivity contribution in [1.82, 2.24) is 14.5 Å². The van der Waals surface area contributed by atoms with Crippen LogP contribution in [0, 0.1) is 18.8 Å². The van der Waals surface area contributed by atoms with Gasteiger partial charge in [0.05, 0.1) is 4.90 Å². The number of hydrogen-bond acceptors (Lipinski definition) is 5. The fourth-order valence-corrected chi connectivity index (χ4v) is 6.84. The van der Waals surface area contributed by atoms with Crippen LogP contribution in [-0.2, 0) is 10.0 Å². The summed E-state index contributed by atoms with van der Waals surface area (Å²) in [4.78, 5) is 5.53. The summed E-state index contributed by atoms with van der Waals surface area (Å²) in [5, 5.41) is 0. The maximum absolute atomic E-state index is 12.6. The van der Waals surface area contributed by atoms with Crippen LogP contribution in [0.3, 0.4) is 0 Å². The van der Waals surface area contributed by atoms with Gasteiger partial charge in [0, 0.05) is 50.3 Å². The zero-order valence-corrected chi connectivity index (χ0v) is 17.8. The number of piperidine rings is 3. The summed E-state index contributed by atoms with van der Waals surface area (Å²) in [5.41, 5.74) is 1.07. The summed E-state index contributed by atoms with van der Waals surface area (Å²) in [6, 6.07) is 7.43. The lowest BCUT2D eigenvalue weighted by Gasteiger charge is -2.51. The topological polar surface area (TPSA) is 52.7 Å². The van der Waals surface area contributed by atoms with Crippen molar-refractivity contribution in [1.29, 1.82) is 0 Å². The van der Waals surface area contributed by atoms with Gasteiger partial charge >= 0.3 is 0 Å². The van der Waals surface area contributed by atoms with E-state index < -0.39 is 10.0 Å². The van der Waals surface area contributed by atoms with Crippen molar-refractivity contribution in [3.63, 3.8) is 0 Å². The van der Waals surface area contributed by atoms with Gasteiger partial charge < -0.3 is 4.90 Å². The first-order valence-electron chi connectivity index (χ1n) is 10.1. The Morgan fingerprint density at radius 1 is 1.15 bits per heavy atom. The lowest BCUT2D eigenvalue weighted by molar-refractivity contribution is -0.00914. The van der Waals surface area contributed by atoms with Gasteiger partial charge in [-0.3, -0.25) is 4.90 Å². The van der Waals surface area contributed by atoms with E-state index in [1.807, 2.05) is 19.1 Å². The Kier molecular flexibility index (Phi) is 6.14. The molecule has 4 fully saturated rings. The van der Waals surface area contributed by atoms with Crippen molar-refractivity contribution in [2.75, 3.05) is 50.8 Å². The molecule has 0 radical (unpaired) electrons. The second kappa shape index (κ2) is 8.41. The highest BCUT2D eigenvalue weighted by Crippen LogP contribution is 2.36. The van der Waals surface area contributed by atoms with E-state index >= 15 is 0 Å². The van der Waals surface area contributed by atoms with Crippen LogP contribution in [0.1, 0.15) is 18.4 Å². The van der Waals surface area contributed by atoms with Gasteiger partial charge in [0.1, 0.15) is 0 Å². The smallest absolute Gasteiger partial charge is 0.240 e. The van der Waals surface area contributed by atoms with E-state index in [0.717, 1.165) is 36.9 Å². The van der Waals surface area contributed by atoms with Gasteiger partial charge in [-0.15, -0.1) is 0 Å². The van der Waals surface area contributed by atoms with Crippen LogP contribution in [-0.4, -0.2) is 75.0 Å². The van der Waals surface area contributed by atoms with Gasteiger partial charge in [-0.2, -0.15) is 11.8 Å². The maximum Gasteiger partial charge on any atom is 0.240 e. The van der Waals surface area contributed by atoms with Gasteiger partial charge in [0.25, 0.3) is 0 Å². The molecule has 150 valence electrons. The molecule has 0 amide bonds. The molecule has 5 nitrogen and oxygen atoms in total. The molecule has 1 N–H and O–H groups in total. The van der Waals surface area contributed by atoms with E-state index in [0.29, 0.717) is 17.5 Å². The standard InChI is InChI=1S/C20H31N3O2S2/c1-16-2-4-20(5-3-16)27(24,25)21-13-19-12-17-6-7-23(19)15-18(17)14-22-8-10-26-11-9-22/h2-5,17-19,21H,6-15H2,1H3/t17-,18+,19+/m1/s1. The minimum Gasteiger partial charge on any atom is -0.301 e. The molecule has 4 heterocycles. The Balaban J connectivity index is 1.32. The molecule has 0 saturated carbocycles. The Bertz CT molecular complexity index is 732. The summed E-state index contributed by atoms with van der Waals surface area (Å²) >= 11 is 2.07. The molecule has 0 spiro atoms. The van der Waals surface area contributed by atoms with Crippen molar-refractivity contribution in [2.45, 2.75) is 30.7 Å². The van der Waals surface area contributed by atoms with Crippen LogP contribution in [0.25, 0.3) is 0 Å². The molecule has 1 aromatic carbocycles. The van der Waals surface area contributed by atoms with Gasteiger partial charge in [0.2, 0.25) is 10.0 Å². The van der Waals surface area contributed by atoms with Crippen LogP contribution in [0.4, 0.5) is 0 Å². The number of benzene rings is 1. The lowest BCUT2D eigenvalue weighted by Crippen LogP contribution is -2.58. The summed E-state index contributed by atoms with van der Waals surface area (Å²) < 4.78 is 28.0. The summed E-state index contributed by atoms with van der Waals surface area (Å²) in [6.45, 7) is 8.43. The van der Waals surface area contributed by atoms with Gasteiger partial charge in [-0.1, -0.05) is 17.7 Å². The van der Waals surface area contributed by atoms with Gasteiger partial charge in [-0.05, 0) is 50.3 Å². The maximum atomic E-state index is 12.6. The average molecular weight is 410 g/mol. The Morgan fingerprint density at radius 2 is 1.89 bits per heavy atom. The first-order valence-corrected chi connectivity index (χ1v) is 12.8. The molecular weight excluding hydrogens is 378 g/mol. The molecular formula is C20H31N3O2S2. The van der Waals surface area contributed by atoms with Crippen molar-refractivity contribution in [2.24, 2.45) is 11.8 Å². The SMILES string of the molecule is Cc1ccc(S(=O)(=O)NC[C@@H]2C[C@H]3CCN2C[C@@H]3CN2CCSCC2)cc1. The van der Waals surface area contributed by atoms with Gasteiger partial charge in [-0.25, -0.2) is 13.1 Å². The third-order valence-corrected chi connectivity index (χ3v) is 8.83. The quantitative estimate of drug-likeness (QED) is 0.779. The fourth-order valence-electron chi connectivity index (χ4n) is 4.79. The van der Waals surface area contributed by atoms with Crippen molar-refractivity contribution in [3.05, 3.63) is 29.8 Å². The second-order valence-corrected chi connectivity index (χ2v) is 11.3. The zero-order valence-electron chi connectivity index (χ0n) is 16.1. The lowest BCUT2D eigenvalue weighted by atomic mass is 9.75. The molecule has 0 aromatic heterocycles. The minimum absolute atomic E-state index is 0.345. The molecule has 4 atom stereocenters. The van der Waals surface area contributed by atoms with Crippen LogP contribution in [0.2, 0.25) is 0 Å². The van der Waals surface area contributed by atoms with Crippen LogP contribution in [0.5, 0.6) is 0 Å². The third-order valence-electron chi connectivity index (χ3n) is 6.45. The van der Waals surface area contributed by atoms with E-state index in [4.69, 9.17) is 0 Å². The van der Waals surface area contributed by atoms with Crippen LogP contribution < -0.4 is 4.72 Å². The summed E-state index contributed by atoms with van der Waals surface area (Å²) in [7, 11) is -3.42. The molecule has 4 aliphatic rings. The monoisotopic (exact) mass is 409 g/mol. The first-order chi connectivity index (χ1) is 13.0. The summed E-state index contributed by atoms with van der Waals surface area (Å²) in [5.74, 6) is 4.04. The molecule has 0 aliphatic carbocycles. The molecule has 1 unspecified atom stereocenters. The number of sulfonamides is 1. The third kappa shape index (κ3) is 4.70. The number of thioether (sulfide) groups is 1. The number of rotatable bonds is 6. The molecule has 7 heteroatoms. The largest absolute Gasteiger partial charge is 0.301 e. The first kappa shape index (κ1) is 19.7. The number of fused-ring (bicyclic) bond motifs is 3. The fraction of sp³-hybridized carbons (Fsp3) is 0.700. The van der Waals surface area contributed by atoms with Crippen molar-refractivity contribution >= 4 is 21.8 Å². The summed E-state index contributed by atoms with van der Waals surface area (Å²) in [6.07, 6.45) is 2.40. The Labute approximate surface area is 167 Å². The predicted molar refractivity (Wildman–Crippen MR) is 112 cm³/mol. The number of nitrogens with zero attached hydrogens (tertiary/aromatic N) is 2. The van der Waals surface area contributed by atoms with E-state index in [1.54, 1.807) is 12.1 Å². The molecule has 4 aliphatic heterocycles. The normalized spacial score (nSPS) is 31.9. The second-order valence-electron chi connectivity index (χ2n) is 8.27. The Hall–Kier alpha value is -0.600. The number of nitrogens with one attached hydrogen (secondary N) is 1. The average Bonchev–Trinajstić information content (AvgIpc) is 2.68. The van der Waals surface area contributed by atoms with Crippen molar-refractivity contribution < 1.29 is 8.42 Å². The van der Waals surface area contributed by atoms with Crippen LogP contribution in [0.15, 0.2) is 29.2 Å². The number of hydrogen-bond donors (Lipinski definition) is 1. The predicted octanol–water partition coefficient (Wildman–Crippen LogP) is 2.03. The van der Waals surface area contributed by atoms with E-state index in [1.165, 1.54) is 37.6 Å². The van der Waals surface area contributed by atoms with E-state index in [-0.39, 0.29) is 0 Å². The zero-order chi connectivity index (χ0) is 18.9. The molecule has 2 bridgehead atoms. The highest BCUT2D eigenvalue weighted by Gasteiger charge is 2.40. The van der Waals surface area contributed by atoms with Crippen LogP contribution >= 0.6 is 11.8 Å². The highest BCUT2D eigenvalue weighted by atomic mass is 32.2.